The van der Waals surface area contributed by atoms with Crippen LogP contribution in [0.5, 0.6) is 0 Å². The summed E-state index contributed by atoms with van der Waals surface area (Å²) in [5.41, 5.74) is 6.68. The molecule has 0 unspecified atom stereocenters. The molecule has 1 aromatic carbocycles. The van der Waals surface area contributed by atoms with E-state index in [0.717, 1.165) is 12.1 Å². The molecule has 0 atom stereocenters. The highest BCUT2D eigenvalue weighted by atomic mass is 16.5. The lowest BCUT2D eigenvalue weighted by Crippen LogP contribution is -2.45. The number of likely N-dealkylation sites (N-methyl/N-ethyl adjacent to an activating group) is 1. The predicted molar refractivity (Wildman–Crippen MR) is 80.3 cm³/mol. The lowest BCUT2D eigenvalue weighted by molar-refractivity contribution is -0.0777. The van der Waals surface area contributed by atoms with Crippen LogP contribution >= 0.6 is 0 Å². The monoisotopic (exact) mass is 293 g/mol. The summed E-state index contributed by atoms with van der Waals surface area (Å²) in [7, 11) is 1.99. The van der Waals surface area contributed by atoms with Crippen molar-refractivity contribution in [3.05, 3.63) is 35.4 Å². The second kappa shape index (κ2) is 6.89. The van der Waals surface area contributed by atoms with Gasteiger partial charge in [0.05, 0.1) is 5.60 Å². The molecule has 21 heavy (non-hydrogen) atoms. The van der Waals surface area contributed by atoms with E-state index < -0.39 is 5.60 Å². The van der Waals surface area contributed by atoms with Gasteiger partial charge in [0, 0.05) is 44.7 Å². The zero-order valence-corrected chi connectivity index (χ0v) is 12.3. The molecular weight excluding hydrogens is 270 g/mol. The van der Waals surface area contributed by atoms with Crippen molar-refractivity contribution in [2.45, 2.75) is 25.0 Å². The molecular formula is C15H23N3O3. The Bertz CT molecular complexity index is 481. The first kappa shape index (κ1) is 15.8. The van der Waals surface area contributed by atoms with Gasteiger partial charge >= 0.3 is 0 Å². The summed E-state index contributed by atoms with van der Waals surface area (Å²) < 4.78 is 5.29. The Morgan fingerprint density at radius 1 is 1.33 bits per heavy atom. The highest BCUT2D eigenvalue weighted by molar-refractivity contribution is 5.96. The van der Waals surface area contributed by atoms with Crippen molar-refractivity contribution in [1.82, 2.24) is 4.90 Å². The Morgan fingerprint density at radius 2 is 1.95 bits per heavy atom. The average Bonchev–Trinajstić information content (AvgIpc) is 2.47. The van der Waals surface area contributed by atoms with Crippen molar-refractivity contribution in [2.24, 2.45) is 10.9 Å². The van der Waals surface area contributed by atoms with Crippen LogP contribution in [0.2, 0.25) is 0 Å². The molecule has 0 saturated carbocycles. The minimum atomic E-state index is -0.652. The zero-order valence-electron chi connectivity index (χ0n) is 12.3. The second-order valence-corrected chi connectivity index (χ2v) is 5.69. The van der Waals surface area contributed by atoms with E-state index in [1.54, 1.807) is 0 Å². The largest absolute Gasteiger partial charge is 0.409 e. The number of hydrogen-bond acceptors (Lipinski definition) is 5. The lowest BCUT2D eigenvalue weighted by atomic mass is 9.94. The highest BCUT2D eigenvalue weighted by Gasteiger charge is 2.30. The fraction of sp³-hybridized carbons (Fsp3) is 0.533. The third kappa shape index (κ3) is 4.42. The van der Waals surface area contributed by atoms with Gasteiger partial charge in [0.2, 0.25) is 0 Å². The van der Waals surface area contributed by atoms with Crippen molar-refractivity contribution < 1.29 is 15.1 Å². The SMILES string of the molecule is CN(Cc1ccc(/C(N)=N/O)cc1)CC1(O)CCOCC1. The van der Waals surface area contributed by atoms with Crippen LogP contribution in [0.1, 0.15) is 24.0 Å². The summed E-state index contributed by atoms with van der Waals surface area (Å²) in [5, 5.41) is 22.1. The Labute approximate surface area is 124 Å². The molecule has 0 aromatic heterocycles. The average molecular weight is 293 g/mol. The molecule has 6 heteroatoms. The van der Waals surface area contributed by atoms with Crippen molar-refractivity contribution >= 4 is 5.84 Å². The maximum absolute atomic E-state index is 10.5. The van der Waals surface area contributed by atoms with E-state index in [-0.39, 0.29) is 5.84 Å². The van der Waals surface area contributed by atoms with Crippen LogP contribution < -0.4 is 5.73 Å². The van der Waals surface area contributed by atoms with E-state index in [1.807, 2.05) is 31.3 Å². The number of nitrogens with two attached hydrogens (primary N) is 1. The maximum Gasteiger partial charge on any atom is 0.170 e. The van der Waals surface area contributed by atoms with Crippen LogP contribution in [0, 0.1) is 0 Å². The Hall–Kier alpha value is -1.63. The fourth-order valence-corrected chi connectivity index (χ4v) is 2.62. The highest BCUT2D eigenvalue weighted by Crippen LogP contribution is 2.22. The molecule has 0 spiro atoms. The third-order valence-electron chi connectivity index (χ3n) is 3.80. The number of oxime groups is 1. The minimum Gasteiger partial charge on any atom is -0.409 e. The fourth-order valence-electron chi connectivity index (χ4n) is 2.62. The van der Waals surface area contributed by atoms with Gasteiger partial charge in [-0.1, -0.05) is 29.4 Å². The summed E-state index contributed by atoms with van der Waals surface area (Å²) in [6.45, 7) is 2.61. The van der Waals surface area contributed by atoms with Gasteiger partial charge in [-0.3, -0.25) is 4.90 Å². The van der Waals surface area contributed by atoms with Gasteiger partial charge in [0.1, 0.15) is 0 Å². The summed E-state index contributed by atoms with van der Waals surface area (Å²) in [4.78, 5) is 2.10. The van der Waals surface area contributed by atoms with Crippen LogP contribution in [0.3, 0.4) is 0 Å². The molecule has 0 bridgehead atoms. The molecule has 0 aliphatic carbocycles. The summed E-state index contributed by atoms with van der Waals surface area (Å²) in [6, 6.07) is 7.53. The normalized spacial score (nSPS) is 18.9. The Morgan fingerprint density at radius 3 is 2.52 bits per heavy atom. The molecule has 6 nitrogen and oxygen atoms in total. The smallest absolute Gasteiger partial charge is 0.170 e. The van der Waals surface area contributed by atoms with Crippen LogP contribution in [-0.2, 0) is 11.3 Å². The van der Waals surface area contributed by atoms with Gasteiger partial charge in [-0.2, -0.15) is 0 Å². The van der Waals surface area contributed by atoms with Crippen LogP contribution in [0.25, 0.3) is 0 Å². The van der Waals surface area contributed by atoms with E-state index in [9.17, 15) is 5.11 Å². The molecule has 4 N–H and O–H groups in total. The molecule has 1 aromatic rings. The molecule has 1 fully saturated rings. The van der Waals surface area contributed by atoms with Crippen LogP contribution in [0.4, 0.5) is 0 Å². The number of rotatable bonds is 5. The van der Waals surface area contributed by atoms with E-state index in [0.29, 0.717) is 38.2 Å². The summed E-state index contributed by atoms with van der Waals surface area (Å²) >= 11 is 0. The topological polar surface area (TPSA) is 91.3 Å². The van der Waals surface area contributed by atoms with Crippen LogP contribution in [0.15, 0.2) is 29.4 Å². The molecule has 2 rings (SSSR count). The lowest BCUT2D eigenvalue weighted by Gasteiger charge is -2.35. The zero-order chi connectivity index (χ0) is 15.3. The number of amidine groups is 1. The minimum absolute atomic E-state index is 0.103. The molecule has 0 amide bonds. The van der Waals surface area contributed by atoms with Crippen molar-refractivity contribution in [3.63, 3.8) is 0 Å². The van der Waals surface area contributed by atoms with Gasteiger partial charge in [-0.05, 0) is 12.6 Å². The Balaban J connectivity index is 1.91. The van der Waals surface area contributed by atoms with Crippen molar-refractivity contribution in [2.75, 3.05) is 26.8 Å². The quantitative estimate of drug-likeness (QED) is 0.322. The van der Waals surface area contributed by atoms with Crippen LogP contribution in [-0.4, -0.2) is 53.5 Å². The molecule has 1 heterocycles. The predicted octanol–water partition coefficient (Wildman–Crippen LogP) is 0.754. The number of ether oxygens (including phenoxy) is 1. The van der Waals surface area contributed by atoms with Gasteiger partial charge in [0.25, 0.3) is 0 Å². The van der Waals surface area contributed by atoms with Gasteiger partial charge < -0.3 is 20.8 Å². The number of nitrogens with zero attached hydrogens (tertiary/aromatic N) is 2. The number of benzene rings is 1. The standard InChI is InChI=1S/C15H23N3O3/c1-18(11-15(19)6-8-21-9-7-15)10-12-2-4-13(5-3-12)14(16)17-20/h2-5,19-20H,6-11H2,1H3,(H2,16,17). The first-order valence-corrected chi connectivity index (χ1v) is 7.08. The Kier molecular flexibility index (Phi) is 5.17. The first-order chi connectivity index (χ1) is 10.0. The van der Waals surface area contributed by atoms with E-state index in [2.05, 4.69) is 10.1 Å². The molecule has 1 aliphatic rings. The van der Waals surface area contributed by atoms with Gasteiger partial charge in [-0.25, -0.2) is 0 Å². The van der Waals surface area contributed by atoms with E-state index in [1.165, 1.54) is 0 Å². The maximum atomic E-state index is 10.5. The summed E-state index contributed by atoms with van der Waals surface area (Å²) in [5.74, 6) is 0.103. The van der Waals surface area contributed by atoms with Gasteiger partial charge in [0.15, 0.2) is 5.84 Å². The molecule has 1 aliphatic heterocycles. The van der Waals surface area contributed by atoms with Gasteiger partial charge in [-0.15, -0.1) is 0 Å². The third-order valence-corrected chi connectivity index (χ3v) is 3.80. The summed E-state index contributed by atoms with van der Waals surface area (Å²) in [6.07, 6.45) is 1.36. The van der Waals surface area contributed by atoms with Crippen molar-refractivity contribution in [1.29, 1.82) is 0 Å². The van der Waals surface area contributed by atoms with E-state index in [4.69, 9.17) is 15.7 Å². The first-order valence-electron chi connectivity index (χ1n) is 7.08. The van der Waals surface area contributed by atoms with E-state index >= 15 is 0 Å². The molecule has 116 valence electrons. The number of hydrogen-bond donors (Lipinski definition) is 3. The van der Waals surface area contributed by atoms with Crippen molar-refractivity contribution in [3.8, 4) is 0 Å². The number of aliphatic hydroxyl groups is 1. The second-order valence-electron chi connectivity index (χ2n) is 5.69. The molecule has 1 saturated heterocycles. The molecule has 0 radical (unpaired) electrons.